The van der Waals surface area contributed by atoms with Gasteiger partial charge >= 0.3 is 12.1 Å². The molecule has 0 aliphatic carbocycles. The van der Waals surface area contributed by atoms with E-state index < -0.39 is 36.3 Å². The first-order chi connectivity index (χ1) is 8.61. The number of hydrogen-bond acceptors (Lipinski definition) is 4. The van der Waals surface area contributed by atoms with Crippen molar-refractivity contribution < 1.29 is 33.3 Å². The van der Waals surface area contributed by atoms with E-state index in [1.807, 2.05) is 0 Å². The van der Waals surface area contributed by atoms with Crippen molar-refractivity contribution in [3.63, 3.8) is 0 Å². The number of carboxylic acid groups (broad SMARTS) is 1. The topological polar surface area (TPSA) is 104 Å². The predicted octanol–water partition coefficient (Wildman–Crippen LogP) is 1.16. The number of nitrogens with two attached hydrogens (primary N) is 1. The molecule has 2 atom stereocenters. The van der Waals surface area contributed by atoms with Crippen molar-refractivity contribution in [2.45, 2.75) is 24.8 Å². The summed E-state index contributed by atoms with van der Waals surface area (Å²) in [6, 6.07) is 2.34. The van der Waals surface area contributed by atoms with Gasteiger partial charge in [0.2, 0.25) is 0 Å². The Bertz CT molecular complexity index is 475. The smallest absolute Gasteiger partial charge is 0.416 e. The molecule has 0 saturated heterocycles. The van der Waals surface area contributed by atoms with Crippen LogP contribution >= 0.6 is 0 Å². The summed E-state index contributed by atoms with van der Waals surface area (Å²) >= 11 is 0. The van der Waals surface area contributed by atoms with Gasteiger partial charge in [-0.25, -0.2) is 0 Å². The van der Waals surface area contributed by atoms with Gasteiger partial charge in [0.1, 0.15) is 6.10 Å². The Morgan fingerprint density at radius 2 is 1.84 bits per heavy atom. The van der Waals surface area contributed by atoms with Crippen molar-refractivity contribution in [3.05, 3.63) is 29.3 Å². The number of nitrogen functional groups attached to an aromatic ring is 1. The molecule has 1 aromatic rings. The molecule has 1 aromatic carbocycles. The molecule has 5 N–H and O–H groups in total. The first-order valence-electron chi connectivity index (χ1n) is 5.17. The largest absolute Gasteiger partial charge is 0.481 e. The summed E-state index contributed by atoms with van der Waals surface area (Å²) in [4.78, 5) is 10.4. The minimum Gasteiger partial charge on any atom is -0.481 e. The number of hydrogen-bond donors (Lipinski definition) is 4. The summed E-state index contributed by atoms with van der Waals surface area (Å²) in [6.07, 6.45) is -8.93. The number of carboxylic acids is 1. The second-order valence-electron chi connectivity index (χ2n) is 4.00. The lowest BCUT2D eigenvalue weighted by Gasteiger charge is -2.18. The van der Waals surface area contributed by atoms with Gasteiger partial charge in [-0.3, -0.25) is 4.79 Å². The summed E-state index contributed by atoms with van der Waals surface area (Å²) in [6.45, 7) is 0. The maximum atomic E-state index is 12.5. The number of aliphatic carboxylic acids is 1. The second kappa shape index (κ2) is 5.45. The van der Waals surface area contributed by atoms with Gasteiger partial charge in [0, 0.05) is 5.69 Å². The first kappa shape index (κ1) is 15.3. The number of aliphatic hydroxyl groups is 2. The minimum absolute atomic E-state index is 0.244. The normalized spacial score (nSPS) is 15.0. The van der Waals surface area contributed by atoms with Gasteiger partial charge in [-0.1, -0.05) is 0 Å². The number of aliphatic hydroxyl groups excluding tert-OH is 2. The van der Waals surface area contributed by atoms with Crippen LogP contribution in [0.15, 0.2) is 18.2 Å². The lowest BCUT2D eigenvalue weighted by atomic mass is 9.99. The summed E-state index contributed by atoms with van der Waals surface area (Å²) in [5.41, 5.74) is 3.67. The molecule has 5 nitrogen and oxygen atoms in total. The average Bonchev–Trinajstić information content (AvgIpc) is 2.25. The van der Waals surface area contributed by atoms with Crippen molar-refractivity contribution >= 4 is 11.7 Å². The van der Waals surface area contributed by atoms with E-state index in [9.17, 15) is 28.2 Å². The fourth-order valence-corrected chi connectivity index (χ4v) is 1.52. The molecular weight excluding hydrogens is 267 g/mol. The average molecular weight is 279 g/mol. The quantitative estimate of drug-likeness (QED) is 0.619. The molecule has 0 amide bonds. The van der Waals surface area contributed by atoms with Gasteiger partial charge < -0.3 is 21.1 Å². The molecule has 19 heavy (non-hydrogen) atoms. The van der Waals surface area contributed by atoms with Crippen molar-refractivity contribution in [1.82, 2.24) is 0 Å². The Kier molecular flexibility index (Phi) is 4.38. The van der Waals surface area contributed by atoms with Crippen molar-refractivity contribution in [1.29, 1.82) is 0 Å². The Hall–Kier alpha value is -1.80. The van der Waals surface area contributed by atoms with Crippen LogP contribution < -0.4 is 5.73 Å². The summed E-state index contributed by atoms with van der Waals surface area (Å²) in [7, 11) is 0. The van der Waals surface area contributed by atoms with Crippen LogP contribution in [0.1, 0.15) is 23.7 Å². The highest BCUT2D eigenvalue weighted by Crippen LogP contribution is 2.33. The van der Waals surface area contributed by atoms with Gasteiger partial charge in [-0.05, 0) is 23.8 Å². The maximum absolute atomic E-state index is 12.5. The highest BCUT2D eigenvalue weighted by molar-refractivity contribution is 5.67. The fraction of sp³-hybridized carbons (Fsp3) is 0.364. The summed E-state index contributed by atoms with van der Waals surface area (Å²) in [5, 5.41) is 27.4. The zero-order valence-corrected chi connectivity index (χ0v) is 9.55. The van der Waals surface area contributed by atoms with E-state index in [1.54, 1.807) is 0 Å². The molecule has 0 bridgehead atoms. The number of carbonyl (C=O) groups is 1. The molecule has 0 aromatic heterocycles. The van der Waals surface area contributed by atoms with Crippen molar-refractivity contribution in [3.8, 4) is 0 Å². The molecule has 2 unspecified atom stereocenters. The molecule has 8 heteroatoms. The van der Waals surface area contributed by atoms with E-state index in [1.165, 1.54) is 0 Å². The van der Waals surface area contributed by atoms with E-state index in [0.717, 1.165) is 6.07 Å². The van der Waals surface area contributed by atoms with Crippen LogP contribution in [0, 0.1) is 0 Å². The monoisotopic (exact) mass is 279 g/mol. The van der Waals surface area contributed by atoms with E-state index in [0.29, 0.717) is 12.1 Å². The van der Waals surface area contributed by atoms with Crippen molar-refractivity contribution in [2.75, 3.05) is 5.73 Å². The van der Waals surface area contributed by atoms with Crippen LogP contribution in [0.2, 0.25) is 0 Å². The van der Waals surface area contributed by atoms with E-state index in [4.69, 9.17) is 10.8 Å². The third-order valence-electron chi connectivity index (χ3n) is 2.39. The molecule has 0 spiro atoms. The molecule has 0 radical (unpaired) electrons. The molecule has 0 heterocycles. The number of rotatable bonds is 4. The standard InChI is InChI=1S/C11H12F3NO4/c12-11(13,14)6-1-5(2-7(15)3-6)10(19)8(16)4-9(17)18/h1-3,8,10,16,19H,4,15H2,(H,17,18). The molecule has 106 valence electrons. The Morgan fingerprint density at radius 1 is 1.26 bits per heavy atom. The van der Waals surface area contributed by atoms with Crippen LogP contribution in [-0.4, -0.2) is 27.4 Å². The molecule has 0 aliphatic heterocycles. The van der Waals surface area contributed by atoms with E-state index >= 15 is 0 Å². The highest BCUT2D eigenvalue weighted by atomic mass is 19.4. The number of anilines is 1. The molecule has 0 fully saturated rings. The second-order valence-corrected chi connectivity index (χ2v) is 4.00. The molecular formula is C11H12F3NO4. The first-order valence-corrected chi connectivity index (χ1v) is 5.17. The fourth-order valence-electron chi connectivity index (χ4n) is 1.52. The van der Waals surface area contributed by atoms with E-state index in [2.05, 4.69) is 0 Å². The number of halogens is 3. The Labute approximate surface area is 106 Å². The lowest BCUT2D eigenvalue weighted by molar-refractivity contribution is -0.141. The third kappa shape index (κ3) is 4.11. The zero-order valence-electron chi connectivity index (χ0n) is 9.55. The number of alkyl halides is 3. The Morgan fingerprint density at radius 3 is 2.32 bits per heavy atom. The SMILES string of the molecule is Nc1cc(C(O)C(O)CC(=O)O)cc(C(F)(F)F)c1. The van der Waals surface area contributed by atoms with Gasteiger partial charge in [0.05, 0.1) is 18.1 Å². The Balaban J connectivity index is 3.06. The van der Waals surface area contributed by atoms with Gasteiger partial charge in [-0.2, -0.15) is 13.2 Å². The third-order valence-corrected chi connectivity index (χ3v) is 2.39. The number of benzene rings is 1. The van der Waals surface area contributed by atoms with Crippen LogP contribution in [-0.2, 0) is 11.0 Å². The maximum Gasteiger partial charge on any atom is 0.416 e. The van der Waals surface area contributed by atoms with Crippen LogP contribution in [0.4, 0.5) is 18.9 Å². The lowest BCUT2D eigenvalue weighted by Crippen LogP contribution is -2.22. The van der Waals surface area contributed by atoms with Crippen LogP contribution in [0.3, 0.4) is 0 Å². The minimum atomic E-state index is -4.65. The molecule has 0 saturated carbocycles. The van der Waals surface area contributed by atoms with Gasteiger partial charge in [0.15, 0.2) is 0 Å². The van der Waals surface area contributed by atoms with Gasteiger partial charge in [-0.15, -0.1) is 0 Å². The molecule has 1 rings (SSSR count). The highest BCUT2D eigenvalue weighted by Gasteiger charge is 2.32. The van der Waals surface area contributed by atoms with Crippen LogP contribution in [0.25, 0.3) is 0 Å². The predicted molar refractivity (Wildman–Crippen MR) is 59.1 cm³/mol. The van der Waals surface area contributed by atoms with Crippen molar-refractivity contribution in [2.24, 2.45) is 0 Å². The zero-order chi connectivity index (χ0) is 14.8. The van der Waals surface area contributed by atoms with Crippen LogP contribution in [0.5, 0.6) is 0 Å². The molecule has 0 aliphatic rings. The summed E-state index contributed by atoms with van der Waals surface area (Å²) in [5.74, 6) is -1.38. The van der Waals surface area contributed by atoms with E-state index in [-0.39, 0.29) is 11.3 Å². The summed E-state index contributed by atoms with van der Waals surface area (Å²) < 4.78 is 37.6. The van der Waals surface area contributed by atoms with Gasteiger partial charge in [0.25, 0.3) is 0 Å².